The summed E-state index contributed by atoms with van der Waals surface area (Å²) in [6, 6.07) is 14.2. The summed E-state index contributed by atoms with van der Waals surface area (Å²) in [5, 5.41) is 2.88. The highest BCUT2D eigenvalue weighted by molar-refractivity contribution is 7.89. The minimum Gasteiger partial charge on any atom is -0.495 e. The number of nitrogens with one attached hydrogen (secondary N) is 1. The van der Waals surface area contributed by atoms with Crippen LogP contribution in [0.2, 0.25) is 0 Å². The molecule has 0 unspecified atom stereocenters. The number of hydrogen-bond donors (Lipinski definition) is 1. The first-order valence-corrected chi connectivity index (χ1v) is 9.84. The van der Waals surface area contributed by atoms with E-state index in [1.165, 1.54) is 33.3 Å². The number of carbonyl (C=O) groups excluding carboxylic acids is 1. The van der Waals surface area contributed by atoms with Crippen molar-refractivity contribution < 1.29 is 17.9 Å². The van der Waals surface area contributed by atoms with Crippen molar-refractivity contribution in [1.29, 1.82) is 0 Å². The first kappa shape index (κ1) is 20.7. The Morgan fingerprint density at radius 3 is 2.41 bits per heavy atom. The van der Waals surface area contributed by atoms with Crippen LogP contribution in [0.25, 0.3) is 6.08 Å². The maximum Gasteiger partial charge on any atom is 0.246 e. The normalized spacial score (nSPS) is 12.9. The molecular formula is C20H24N2O4S. The van der Waals surface area contributed by atoms with Gasteiger partial charge >= 0.3 is 0 Å². The zero-order chi connectivity index (χ0) is 20.0. The van der Waals surface area contributed by atoms with Gasteiger partial charge in [0.1, 0.15) is 10.6 Å². The van der Waals surface area contributed by atoms with Crippen LogP contribution < -0.4 is 10.1 Å². The molecule has 2 rings (SSSR count). The van der Waals surface area contributed by atoms with E-state index >= 15 is 0 Å². The minimum absolute atomic E-state index is 0.0511. The van der Waals surface area contributed by atoms with E-state index in [0.29, 0.717) is 5.56 Å². The number of amides is 1. The van der Waals surface area contributed by atoms with Crippen LogP contribution in [-0.4, -0.2) is 39.8 Å². The second kappa shape index (κ2) is 8.83. The third-order valence-electron chi connectivity index (χ3n) is 4.03. The molecule has 0 spiro atoms. The molecule has 0 fully saturated rings. The van der Waals surface area contributed by atoms with Crippen LogP contribution in [0.4, 0.5) is 0 Å². The molecule has 6 nitrogen and oxygen atoms in total. The van der Waals surface area contributed by atoms with Crippen LogP contribution in [-0.2, 0) is 14.8 Å². The Hall–Kier alpha value is -2.64. The van der Waals surface area contributed by atoms with Crippen molar-refractivity contribution in [2.75, 3.05) is 21.2 Å². The maximum absolute atomic E-state index is 12.4. The highest BCUT2D eigenvalue weighted by atomic mass is 32.2. The Morgan fingerprint density at radius 2 is 1.81 bits per heavy atom. The van der Waals surface area contributed by atoms with E-state index in [9.17, 15) is 13.2 Å². The van der Waals surface area contributed by atoms with Crippen molar-refractivity contribution >= 4 is 22.0 Å². The summed E-state index contributed by atoms with van der Waals surface area (Å²) in [7, 11) is 0.661. The third kappa shape index (κ3) is 5.18. The van der Waals surface area contributed by atoms with Crippen LogP contribution in [0.1, 0.15) is 24.1 Å². The minimum atomic E-state index is -3.66. The van der Waals surface area contributed by atoms with Gasteiger partial charge in [0.2, 0.25) is 15.9 Å². The molecular weight excluding hydrogens is 364 g/mol. The Bertz CT molecular complexity index is 922. The predicted octanol–water partition coefficient (Wildman–Crippen LogP) is 2.84. The van der Waals surface area contributed by atoms with Crippen LogP contribution in [0, 0.1) is 0 Å². The van der Waals surface area contributed by atoms with Gasteiger partial charge < -0.3 is 10.1 Å². The van der Waals surface area contributed by atoms with Crippen molar-refractivity contribution in [3.63, 3.8) is 0 Å². The van der Waals surface area contributed by atoms with E-state index in [1.807, 2.05) is 37.3 Å². The standard InChI is InChI=1S/C20H24N2O4S/c1-15(17-8-6-5-7-9-17)21-20(23)13-11-16-10-12-18(26-4)19(14-16)27(24,25)22(2)3/h5-15H,1-4H3,(H,21,23)/b13-11+/t15-/m0/s1. The van der Waals surface area contributed by atoms with Crippen LogP contribution in [0.3, 0.4) is 0 Å². The molecule has 1 N–H and O–H groups in total. The number of carbonyl (C=O) groups is 1. The van der Waals surface area contributed by atoms with Gasteiger partial charge in [-0.05, 0) is 36.3 Å². The molecule has 0 saturated heterocycles. The molecule has 2 aromatic rings. The van der Waals surface area contributed by atoms with Gasteiger partial charge in [-0.3, -0.25) is 4.79 Å². The van der Waals surface area contributed by atoms with Crippen molar-refractivity contribution in [3.05, 3.63) is 65.7 Å². The molecule has 0 aliphatic rings. The SMILES string of the molecule is COc1ccc(/C=C/C(=O)N[C@@H](C)c2ccccc2)cc1S(=O)(=O)N(C)C. The van der Waals surface area contributed by atoms with E-state index in [1.54, 1.807) is 18.2 Å². The highest BCUT2D eigenvalue weighted by Crippen LogP contribution is 2.27. The van der Waals surface area contributed by atoms with E-state index in [-0.39, 0.29) is 22.6 Å². The Morgan fingerprint density at radius 1 is 1.15 bits per heavy atom. The highest BCUT2D eigenvalue weighted by Gasteiger charge is 2.22. The number of rotatable bonds is 7. The fourth-order valence-corrected chi connectivity index (χ4v) is 3.54. The van der Waals surface area contributed by atoms with E-state index in [2.05, 4.69) is 5.32 Å². The van der Waals surface area contributed by atoms with Gasteiger partial charge in [-0.2, -0.15) is 0 Å². The topological polar surface area (TPSA) is 75.7 Å². The lowest BCUT2D eigenvalue weighted by atomic mass is 10.1. The fourth-order valence-electron chi connectivity index (χ4n) is 2.45. The van der Waals surface area contributed by atoms with Crippen molar-refractivity contribution in [1.82, 2.24) is 9.62 Å². The second-order valence-corrected chi connectivity index (χ2v) is 8.29. The Labute approximate surface area is 160 Å². The second-order valence-electron chi connectivity index (χ2n) is 6.17. The Balaban J connectivity index is 2.18. The van der Waals surface area contributed by atoms with Crippen LogP contribution in [0.5, 0.6) is 5.75 Å². The van der Waals surface area contributed by atoms with Crippen molar-refractivity contribution in [3.8, 4) is 5.75 Å². The molecule has 0 bridgehead atoms. The first-order chi connectivity index (χ1) is 12.8. The molecule has 1 atom stereocenters. The summed E-state index contributed by atoms with van der Waals surface area (Å²) < 4.78 is 31.2. The largest absolute Gasteiger partial charge is 0.495 e. The molecule has 0 aliphatic heterocycles. The summed E-state index contributed by atoms with van der Waals surface area (Å²) >= 11 is 0. The van der Waals surface area contributed by atoms with E-state index < -0.39 is 10.0 Å². The summed E-state index contributed by atoms with van der Waals surface area (Å²) in [5.41, 5.74) is 1.58. The quantitative estimate of drug-likeness (QED) is 0.740. The van der Waals surface area contributed by atoms with Gasteiger partial charge in [-0.25, -0.2) is 12.7 Å². The van der Waals surface area contributed by atoms with Crippen LogP contribution >= 0.6 is 0 Å². The molecule has 0 saturated carbocycles. The number of nitrogens with zero attached hydrogens (tertiary/aromatic N) is 1. The first-order valence-electron chi connectivity index (χ1n) is 8.40. The molecule has 1 amide bonds. The van der Waals surface area contributed by atoms with Gasteiger partial charge in [0.15, 0.2) is 0 Å². The van der Waals surface area contributed by atoms with Crippen molar-refractivity contribution in [2.24, 2.45) is 0 Å². The average Bonchev–Trinajstić information content (AvgIpc) is 2.66. The molecule has 2 aromatic carbocycles. The van der Waals surface area contributed by atoms with Crippen LogP contribution in [0.15, 0.2) is 59.5 Å². The fraction of sp³-hybridized carbons (Fsp3) is 0.250. The zero-order valence-corrected chi connectivity index (χ0v) is 16.7. The summed E-state index contributed by atoms with van der Waals surface area (Å²) in [5.74, 6) is -0.0119. The summed E-state index contributed by atoms with van der Waals surface area (Å²) in [6.07, 6.45) is 2.95. The molecule has 7 heteroatoms. The molecule has 0 radical (unpaired) electrons. The number of benzene rings is 2. The molecule has 144 valence electrons. The molecule has 27 heavy (non-hydrogen) atoms. The summed E-state index contributed by atoms with van der Waals surface area (Å²) in [4.78, 5) is 12.2. The predicted molar refractivity (Wildman–Crippen MR) is 106 cm³/mol. The number of sulfonamides is 1. The zero-order valence-electron chi connectivity index (χ0n) is 15.8. The average molecular weight is 388 g/mol. The molecule has 0 aliphatic carbocycles. The van der Waals surface area contributed by atoms with Gasteiger partial charge in [-0.1, -0.05) is 36.4 Å². The van der Waals surface area contributed by atoms with Gasteiger partial charge in [0.25, 0.3) is 0 Å². The van der Waals surface area contributed by atoms with E-state index in [4.69, 9.17) is 4.74 Å². The summed E-state index contributed by atoms with van der Waals surface area (Å²) in [6.45, 7) is 1.90. The monoisotopic (exact) mass is 388 g/mol. The maximum atomic E-state index is 12.4. The number of ether oxygens (including phenoxy) is 1. The van der Waals surface area contributed by atoms with Crippen molar-refractivity contribution in [2.45, 2.75) is 17.9 Å². The smallest absolute Gasteiger partial charge is 0.246 e. The molecule has 0 aromatic heterocycles. The number of methoxy groups -OCH3 is 1. The van der Waals surface area contributed by atoms with Gasteiger partial charge in [0, 0.05) is 20.2 Å². The lowest BCUT2D eigenvalue weighted by Crippen LogP contribution is -2.24. The Kier molecular flexibility index (Phi) is 6.76. The van der Waals surface area contributed by atoms with Gasteiger partial charge in [-0.15, -0.1) is 0 Å². The third-order valence-corrected chi connectivity index (χ3v) is 5.87. The molecule has 0 heterocycles. The lowest BCUT2D eigenvalue weighted by Gasteiger charge is -2.15. The van der Waals surface area contributed by atoms with E-state index in [0.717, 1.165) is 9.87 Å². The lowest BCUT2D eigenvalue weighted by molar-refractivity contribution is -0.117. The number of hydrogen-bond acceptors (Lipinski definition) is 4. The van der Waals surface area contributed by atoms with Gasteiger partial charge in [0.05, 0.1) is 13.2 Å².